The predicted molar refractivity (Wildman–Crippen MR) is 85.5 cm³/mol. The minimum atomic E-state index is -0.731. The van der Waals surface area contributed by atoms with Gasteiger partial charge < -0.3 is 15.2 Å². The number of hydrogen-bond acceptors (Lipinski definition) is 4. The molecular formula is C18H18N2O3. The number of ether oxygens (including phenoxy) is 1. The van der Waals surface area contributed by atoms with Gasteiger partial charge in [-0.1, -0.05) is 36.4 Å². The number of aliphatic hydroxyl groups is 1. The molecule has 0 saturated heterocycles. The molecule has 0 saturated carbocycles. The number of para-hydroxylation sites is 1. The maximum Gasteiger partial charge on any atom is 0.261 e. The number of nitrogens with zero attached hydrogens (tertiary/aromatic N) is 1. The second kappa shape index (κ2) is 7.97. The third-order valence-corrected chi connectivity index (χ3v) is 3.42. The molecule has 118 valence electrons. The molecule has 0 aromatic heterocycles. The Labute approximate surface area is 135 Å². The highest BCUT2D eigenvalue weighted by Gasteiger charge is 2.16. The van der Waals surface area contributed by atoms with Crippen molar-refractivity contribution in [1.29, 1.82) is 5.26 Å². The highest BCUT2D eigenvalue weighted by molar-refractivity contribution is 5.80. The molecule has 1 amide bonds. The van der Waals surface area contributed by atoms with Gasteiger partial charge in [0.05, 0.1) is 12.2 Å². The zero-order chi connectivity index (χ0) is 16.7. The average molecular weight is 310 g/mol. The van der Waals surface area contributed by atoms with Crippen LogP contribution in [0.25, 0.3) is 0 Å². The molecule has 0 fully saturated rings. The summed E-state index contributed by atoms with van der Waals surface area (Å²) >= 11 is 0. The first-order chi connectivity index (χ1) is 11.2. The van der Waals surface area contributed by atoms with Crippen LogP contribution in [0.3, 0.4) is 0 Å². The maximum atomic E-state index is 12.1. The Morgan fingerprint density at radius 2 is 1.87 bits per heavy atom. The van der Waals surface area contributed by atoms with Crippen molar-refractivity contribution in [2.75, 3.05) is 0 Å². The normalized spacial score (nSPS) is 11.3. The van der Waals surface area contributed by atoms with Gasteiger partial charge in [0.1, 0.15) is 11.8 Å². The van der Waals surface area contributed by atoms with Gasteiger partial charge in [0.15, 0.2) is 6.10 Å². The number of aliphatic hydroxyl groups excluding tert-OH is 1. The molecule has 1 atom stereocenters. The minimum Gasteiger partial charge on any atom is -0.480 e. The van der Waals surface area contributed by atoms with E-state index in [-0.39, 0.29) is 12.5 Å². The van der Waals surface area contributed by atoms with Gasteiger partial charge in [-0.2, -0.15) is 5.26 Å². The van der Waals surface area contributed by atoms with Gasteiger partial charge >= 0.3 is 0 Å². The van der Waals surface area contributed by atoms with Crippen molar-refractivity contribution in [3.63, 3.8) is 0 Å². The van der Waals surface area contributed by atoms with Gasteiger partial charge in [-0.25, -0.2) is 0 Å². The molecule has 0 heterocycles. The SMILES string of the molecule is CC(Oc1ccccc1C#N)C(=O)NCc1ccccc1CO. The second-order valence-electron chi connectivity index (χ2n) is 5.01. The van der Waals surface area contributed by atoms with Crippen LogP contribution in [0.2, 0.25) is 0 Å². The van der Waals surface area contributed by atoms with Crippen LogP contribution in [0, 0.1) is 11.3 Å². The topological polar surface area (TPSA) is 82.3 Å². The van der Waals surface area contributed by atoms with Gasteiger partial charge in [-0.05, 0) is 30.2 Å². The first-order valence-corrected chi connectivity index (χ1v) is 7.27. The van der Waals surface area contributed by atoms with E-state index >= 15 is 0 Å². The molecule has 0 spiro atoms. The van der Waals surface area contributed by atoms with Crippen molar-refractivity contribution >= 4 is 5.91 Å². The Hall–Kier alpha value is -2.84. The number of nitrogens with one attached hydrogen (secondary N) is 1. The fourth-order valence-corrected chi connectivity index (χ4v) is 2.12. The van der Waals surface area contributed by atoms with Crippen LogP contribution in [-0.2, 0) is 17.9 Å². The molecule has 2 aromatic rings. The molecule has 2 aromatic carbocycles. The van der Waals surface area contributed by atoms with Gasteiger partial charge in [0.25, 0.3) is 5.91 Å². The van der Waals surface area contributed by atoms with E-state index in [2.05, 4.69) is 5.32 Å². The first kappa shape index (κ1) is 16.5. The van der Waals surface area contributed by atoms with Crippen LogP contribution >= 0.6 is 0 Å². The zero-order valence-corrected chi connectivity index (χ0v) is 12.8. The lowest BCUT2D eigenvalue weighted by molar-refractivity contribution is -0.127. The van der Waals surface area contributed by atoms with E-state index in [1.165, 1.54) is 0 Å². The zero-order valence-electron chi connectivity index (χ0n) is 12.8. The van der Waals surface area contributed by atoms with E-state index in [0.29, 0.717) is 17.9 Å². The number of benzene rings is 2. The number of amides is 1. The molecule has 0 bridgehead atoms. The summed E-state index contributed by atoms with van der Waals surface area (Å²) in [5.41, 5.74) is 2.02. The number of carbonyl (C=O) groups excluding carboxylic acids is 1. The van der Waals surface area contributed by atoms with E-state index in [4.69, 9.17) is 10.00 Å². The highest BCUT2D eigenvalue weighted by Crippen LogP contribution is 2.18. The van der Waals surface area contributed by atoms with E-state index in [1.807, 2.05) is 30.3 Å². The smallest absolute Gasteiger partial charge is 0.261 e. The molecule has 23 heavy (non-hydrogen) atoms. The number of hydrogen-bond donors (Lipinski definition) is 2. The molecule has 0 aliphatic heterocycles. The van der Waals surface area contributed by atoms with E-state index in [9.17, 15) is 9.90 Å². The first-order valence-electron chi connectivity index (χ1n) is 7.27. The van der Waals surface area contributed by atoms with Crippen LogP contribution in [0.4, 0.5) is 0 Å². The van der Waals surface area contributed by atoms with E-state index < -0.39 is 6.10 Å². The molecule has 5 nitrogen and oxygen atoms in total. The van der Waals surface area contributed by atoms with Crippen molar-refractivity contribution < 1.29 is 14.6 Å². The maximum absolute atomic E-state index is 12.1. The molecule has 0 radical (unpaired) electrons. The van der Waals surface area contributed by atoms with Crippen LogP contribution in [0.5, 0.6) is 5.75 Å². The quantitative estimate of drug-likeness (QED) is 0.856. The fourth-order valence-electron chi connectivity index (χ4n) is 2.12. The second-order valence-corrected chi connectivity index (χ2v) is 5.01. The Balaban J connectivity index is 1.97. The molecule has 5 heteroatoms. The van der Waals surface area contributed by atoms with E-state index in [0.717, 1.165) is 11.1 Å². The number of carbonyl (C=O) groups is 1. The third-order valence-electron chi connectivity index (χ3n) is 3.42. The van der Waals surface area contributed by atoms with Crippen LogP contribution in [-0.4, -0.2) is 17.1 Å². The summed E-state index contributed by atoms with van der Waals surface area (Å²) < 4.78 is 5.56. The number of nitriles is 1. The number of rotatable bonds is 6. The summed E-state index contributed by atoms with van der Waals surface area (Å²) in [6.45, 7) is 1.86. The Bertz CT molecular complexity index is 722. The Morgan fingerprint density at radius 1 is 1.22 bits per heavy atom. The lowest BCUT2D eigenvalue weighted by atomic mass is 10.1. The summed E-state index contributed by atoms with van der Waals surface area (Å²) in [5.74, 6) is 0.0962. The Morgan fingerprint density at radius 3 is 2.57 bits per heavy atom. The highest BCUT2D eigenvalue weighted by atomic mass is 16.5. The van der Waals surface area contributed by atoms with Crippen molar-refractivity contribution in [1.82, 2.24) is 5.32 Å². The summed E-state index contributed by atoms with van der Waals surface area (Å²) in [6, 6.07) is 16.2. The van der Waals surface area contributed by atoms with Crippen molar-refractivity contribution in [2.45, 2.75) is 26.2 Å². The fraction of sp³-hybridized carbons (Fsp3) is 0.222. The van der Waals surface area contributed by atoms with Crippen molar-refractivity contribution in [3.05, 3.63) is 65.2 Å². The van der Waals surface area contributed by atoms with E-state index in [1.54, 1.807) is 31.2 Å². The molecular weight excluding hydrogens is 292 g/mol. The van der Waals surface area contributed by atoms with Crippen LogP contribution in [0.15, 0.2) is 48.5 Å². The minimum absolute atomic E-state index is 0.0758. The third kappa shape index (κ3) is 4.31. The lowest BCUT2D eigenvalue weighted by Crippen LogP contribution is -2.36. The van der Waals surface area contributed by atoms with Gasteiger partial charge in [0, 0.05) is 6.54 Å². The van der Waals surface area contributed by atoms with Gasteiger partial charge in [-0.15, -0.1) is 0 Å². The van der Waals surface area contributed by atoms with Crippen LogP contribution in [0.1, 0.15) is 23.6 Å². The molecule has 2 rings (SSSR count). The Kier molecular flexibility index (Phi) is 5.73. The molecule has 0 aliphatic rings. The lowest BCUT2D eigenvalue weighted by Gasteiger charge is -2.16. The van der Waals surface area contributed by atoms with Gasteiger partial charge in [0.2, 0.25) is 0 Å². The largest absolute Gasteiger partial charge is 0.480 e. The summed E-state index contributed by atoms with van der Waals surface area (Å²) in [5, 5.41) is 21.1. The van der Waals surface area contributed by atoms with Crippen LogP contribution < -0.4 is 10.1 Å². The molecule has 1 unspecified atom stereocenters. The predicted octanol–water partition coefficient (Wildman–Crippen LogP) is 2.13. The van der Waals surface area contributed by atoms with Crippen molar-refractivity contribution in [2.24, 2.45) is 0 Å². The molecule has 2 N–H and O–H groups in total. The van der Waals surface area contributed by atoms with Crippen molar-refractivity contribution in [3.8, 4) is 11.8 Å². The summed E-state index contributed by atoms with van der Waals surface area (Å²) in [6.07, 6.45) is -0.731. The monoisotopic (exact) mass is 310 g/mol. The average Bonchev–Trinajstić information content (AvgIpc) is 2.60. The molecule has 0 aliphatic carbocycles. The summed E-state index contributed by atoms with van der Waals surface area (Å²) in [4.78, 5) is 12.1. The standard InChI is InChI=1S/C18H18N2O3/c1-13(23-17-9-5-4-6-14(17)10-19)18(22)20-11-15-7-2-3-8-16(15)12-21/h2-9,13,21H,11-12H2,1H3,(H,20,22). The summed E-state index contributed by atoms with van der Waals surface area (Å²) in [7, 11) is 0. The van der Waals surface area contributed by atoms with Gasteiger partial charge in [-0.3, -0.25) is 4.79 Å².